The number of amides is 3. The van der Waals surface area contributed by atoms with Crippen molar-refractivity contribution < 1.29 is 22.8 Å². The number of carbonyl (C=O) groups is 3. The molecule has 3 heterocycles. The third-order valence-electron chi connectivity index (χ3n) is 7.25. The highest BCUT2D eigenvalue weighted by atomic mass is 32.2. The summed E-state index contributed by atoms with van der Waals surface area (Å²) in [6.07, 6.45) is 1.05. The van der Waals surface area contributed by atoms with Gasteiger partial charge < -0.3 is 21.3 Å². The lowest BCUT2D eigenvalue weighted by Crippen LogP contribution is -2.49. The predicted octanol–water partition coefficient (Wildman–Crippen LogP) is 3.02. The van der Waals surface area contributed by atoms with E-state index >= 15 is 0 Å². The highest BCUT2D eigenvalue weighted by Crippen LogP contribution is 2.34. The zero-order chi connectivity index (χ0) is 29.5. The maximum Gasteiger partial charge on any atom is 0.251 e. The van der Waals surface area contributed by atoms with Gasteiger partial charge in [-0.3, -0.25) is 19.8 Å². The molecule has 13 heteroatoms. The Hall–Kier alpha value is -3.81. The average Bonchev–Trinajstić information content (AvgIpc) is 3.68. The summed E-state index contributed by atoms with van der Waals surface area (Å²) in [7, 11) is -3.53. The second kappa shape index (κ2) is 11.2. The van der Waals surface area contributed by atoms with Gasteiger partial charge in [0, 0.05) is 54.4 Å². The molecule has 3 atom stereocenters. The number of thiophene rings is 2. The van der Waals surface area contributed by atoms with E-state index in [1.165, 1.54) is 16.2 Å². The second-order valence-corrected chi connectivity index (χ2v) is 14.5. The van der Waals surface area contributed by atoms with Crippen molar-refractivity contribution in [1.82, 2.24) is 15.5 Å². The predicted molar refractivity (Wildman–Crippen MR) is 162 cm³/mol. The molecular formula is C28H29N5O5S3. The SMILES string of the molecule is C[C@@H](NC(=O)[C@@H]1C[C@@H](S(C)(=O)=O)CN1C(=O)CNC(=O)c1ccc2sc3ccccc3c2c1)c1cc(C(=N)N)cs1. The molecule has 0 unspecified atom stereocenters. The molecule has 2 aromatic heterocycles. The van der Waals surface area contributed by atoms with Crippen molar-refractivity contribution in [2.24, 2.45) is 5.73 Å². The number of hydrogen-bond donors (Lipinski definition) is 4. The van der Waals surface area contributed by atoms with Gasteiger partial charge in [0.25, 0.3) is 5.91 Å². The summed E-state index contributed by atoms with van der Waals surface area (Å²) >= 11 is 2.97. The normalized spacial score (nSPS) is 18.0. The topological polar surface area (TPSA) is 163 Å². The summed E-state index contributed by atoms with van der Waals surface area (Å²) in [6, 6.07) is 13.5. The maximum atomic E-state index is 13.3. The number of fused-ring (bicyclic) bond motifs is 3. The molecule has 1 aliphatic rings. The van der Waals surface area contributed by atoms with Crippen LogP contribution in [0.15, 0.2) is 53.9 Å². The molecule has 3 amide bonds. The molecule has 5 rings (SSSR count). The minimum atomic E-state index is -3.53. The van der Waals surface area contributed by atoms with E-state index in [0.29, 0.717) is 11.1 Å². The number of rotatable bonds is 8. The van der Waals surface area contributed by atoms with E-state index in [2.05, 4.69) is 10.6 Å². The number of nitrogens with two attached hydrogens (primary N) is 1. The highest BCUT2D eigenvalue weighted by Gasteiger charge is 2.43. The second-order valence-electron chi connectivity index (χ2n) is 10.1. The number of nitrogens with zero attached hydrogens (tertiary/aromatic N) is 1. The first kappa shape index (κ1) is 28.7. The minimum absolute atomic E-state index is 0.0396. The van der Waals surface area contributed by atoms with E-state index in [4.69, 9.17) is 11.1 Å². The number of amidine groups is 1. The van der Waals surface area contributed by atoms with Crippen LogP contribution < -0.4 is 16.4 Å². The quantitative estimate of drug-likeness (QED) is 0.177. The Morgan fingerprint density at radius 2 is 1.83 bits per heavy atom. The molecule has 5 N–H and O–H groups in total. The van der Waals surface area contributed by atoms with Crippen LogP contribution in [0.4, 0.5) is 0 Å². The number of benzene rings is 2. The van der Waals surface area contributed by atoms with Gasteiger partial charge in [0.2, 0.25) is 11.8 Å². The van der Waals surface area contributed by atoms with E-state index in [0.717, 1.165) is 31.3 Å². The smallest absolute Gasteiger partial charge is 0.251 e. The lowest BCUT2D eigenvalue weighted by molar-refractivity contribution is -0.137. The molecule has 1 fully saturated rings. The van der Waals surface area contributed by atoms with Crippen LogP contribution in [0.5, 0.6) is 0 Å². The molecule has 0 aliphatic carbocycles. The monoisotopic (exact) mass is 611 g/mol. The average molecular weight is 612 g/mol. The Kier molecular flexibility index (Phi) is 7.86. The minimum Gasteiger partial charge on any atom is -0.384 e. The molecule has 0 saturated carbocycles. The van der Waals surface area contributed by atoms with Gasteiger partial charge in [-0.15, -0.1) is 22.7 Å². The van der Waals surface area contributed by atoms with Gasteiger partial charge in [-0.1, -0.05) is 18.2 Å². The standard InChI is InChI=1S/C28H29N5O5S3/c1-15(24-10-17(14-39-24)26(29)30)32-28(36)21-11-18(41(2,37)38)13-33(21)25(34)12-31-27(35)16-7-8-23-20(9-16)19-5-3-4-6-22(19)40-23/h3-10,14-15,18,21H,11-13H2,1-2H3,(H3,29,30)(H,31,35)(H,32,36)/t15-,18-,21+/m1/s1. The van der Waals surface area contributed by atoms with Gasteiger partial charge in [-0.05, 0) is 43.7 Å². The molecule has 0 spiro atoms. The Morgan fingerprint density at radius 3 is 2.54 bits per heavy atom. The summed E-state index contributed by atoms with van der Waals surface area (Å²) in [6.45, 7) is 1.24. The van der Waals surface area contributed by atoms with Gasteiger partial charge >= 0.3 is 0 Å². The van der Waals surface area contributed by atoms with Crippen LogP contribution in [0.1, 0.15) is 40.2 Å². The van der Waals surface area contributed by atoms with Crippen molar-refractivity contribution in [3.63, 3.8) is 0 Å². The largest absolute Gasteiger partial charge is 0.384 e. The lowest BCUT2D eigenvalue weighted by Gasteiger charge is -2.25. The van der Waals surface area contributed by atoms with Crippen molar-refractivity contribution >= 4 is 76.2 Å². The third-order valence-corrected chi connectivity index (χ3v) is 11.1. The molecule has 1 saturated heterocycles. The first-order valence-electron chi connectivity index (χ1n) is 12.8. The van der Waals surface area contributed by atoms with Crippen LogP contribution in [0.3, 0.4) is 0 Å². The van der Waals surface area contributed by atoms with E-state index in [-0.39, 0.29) is 25.3 Å². The highest BCUT2D eigenvalue weighted by molar-refractivity contribution is 7.91. The van der Waals surface area contributed by atoms with Crippen molar-refractivity contribution in [1.29, 1.82) is 5.41 Å². The lowest BCUT2D eigenvalue weighted by atomic mass is 10.1. The van der Waals surface area contributed by atoms with Crippen molar-refractivity contribution in [3.05, 3.63) is 69.9 Å². The van der Waals surface area contributed by atoms with Gasteiger partial charge in [0.15, 0.2) is 9.84 Å². The van der Waals surface area contributed by atoms with Gasteiger partial charge in [0.05, 0.1) is 17.8 Å². The fourth-order valence-electron chi connectivity index (χ4n) is 4.96. The van der Waals surface area contributed by atoms with E-state index < -0.39 is 44.9 Å². The summed E-state index contributed by atoms with van der Waals surface area (Å²) < 4.78 is 26.8. The van der Waals surface area contributed by atoms with Crippen LogP contribution in [0.25, 0.3) is 20.2 Å². The van der Waals surface area contributed by atoms with Crippen LogP contribution in [-0.4, -0.2) is 67.5 Å². The molecule has 214 valence electrons. The van der Waals surface area contributed by atoms with Crippen LogP contribution in [0.2, 0.25) is 0 Å². The molecule has 10 nitrogen and oxygen atoms in total. The van der Waals surface area contributed by atoms with Crippen molar-refractivity contribution in [3.8, 4) is 0 Å². The molecule has 1 aliphatic heterocycles. The Labute approximate surface area is 245 Å². The zero-order valence-corrected chi connectivity index (χ0v) is 24.8. The molecule has 4 aromatic rings. The summed E-state index contributed by atoms with van der Waals surface area (Å²) in [5.74, 6) is -1.56. The summed E-state index contributed by atoms with van der Waals surface area (Å²) in [4.78, 5) is 41.5. The molecule has 0 radical (unpaired) electrons. The van der Waals surface area contributed by atoms with Crippen molar-refractivity contribution in [2.45, 2.75) is 30.7 Å². The fourth-order valence-corrected chi connectivity index (χ4v) is 7.93. The van der Waals surface area contributed by atoms with Crippen molar-refractivity contribution in [2.75, 3.05) is 19.3 Å². The molecular weight excluding hydrogens is 583 g/mol. The number of sulfone groups is 1. The number of likely N-dealkylation sites (tertiary alicyclic amines) is 1. The van der Waals surface area contributed by atoms with Crippen LogP contribution in [-0.2, 0) is 19.4 Å². The number of nitrogen functional groups attached to an aromatic ring is 1. The van der Waals surface area contributed by atoms with Gasteiger partial charge in [-0.25, -0.2) is 8.42 Å². The maximum absolute atomic E-state index is 13.3. The Morgan fingerprint density at radius 1 is 1.10 bits per heavy atom. The fraction of sp³-hybridized carbons (Fsp3) is 0.286. The molecule has 0 bridgehead atoms. The zero-order valence-electron chi connectivity index (χ0n) is 22.3. The number of carbonyl (C=O) groups excluding carboxylic acids is 3. The molecule has 2 aromatic carbocycles. The van der Waals surface area contributed by atoms with Crippen LogP contribution >= 0.6 is 22.7 Å². The number of hydrogen-bond acceptors (Lipinski definition) is 8. The summed E-state index contributed by atoms with van der Waals surface area (Å²) in [5, 5.41) is 15.9. The Bertz CT molecular complexity index is 1790. The van der Waals surface area contributed by atoms with E-state index in [9.17, 15) is 22.8 Å². The third kappa shape index (κ3) is 5.97. The Balaban J connectivity index is 1.28. The summed E-state index contributed by atoms with van der Waals surface area (Å²) in [5.41, 5.74) is 6.48. The van der Waals surface area contributed by atoms with E-state index in [1.54, 1.807) is 41.8 Å². The first-order chi connectivity index (χ1) is 19.4. The van der Waals surface area contributed by atoms with E-state index in [1.807, 2.05) is 30.3 Å². The van der Waals surface area contributed by atoms with Crippen LogP contribution in [0, 0.1) is 5.41 Å². The van der Waals surface area contributed by atoms with Gasteiger partial charge in [-0.2, -0.15) is 0 Å². The van der Waals surface area contributed by atoms with Gasteiger partial charge in [0.1, 0.15) is 11.9 Å². The first-order valence-corrected chi connectivity index (χ1v) is 16.5. The molecule has 41 heavy (non-hydrogen) atoms. The number of nitrogens with one attached hydrogen (secondary N) is 3.